The van der Waals surface area contributed by atoms with Crippen molar-refractivity contribution >= 4 is 11.8 Å². The number of nitrogens with one attached hydrogen (secondary N) is 2. The largest absolute Gasteiger partial charge is 0.355 e. The molecule has 2 aromatic carbocycles. The van der Waals surface area contributed by atoms with Crippen molar-refractivity contribution in [1.82, 2.24) is 25.4 Å². The van der Waals surface area contributed by atoms with Gasteiger partial charge in [-0.1, -0.05) is 12.1 Å². The Morgan fingerprint density at radius 1 is 1.05 bits per heavy atom. The molecule has 0 saturated heterocycles. The van der Waals surface area contributed by atoms with Gasteiger partial charge in [-0.05, 0) is 72.6 Å². The van der Waals surface area contributed by atoms with Crippen molar-refractivity contribution in [2.75, 3.05) is 7.05 Å². The van der Waals surface area contributed by atoms with E-state index in [0.717, 1.165) is 30.7 Å². The van der Waals surface area contributed by atoms with E-state index in [4.69, 9.17) is 0 Å². The zero-order valence-electron chi connectivity index (χ0n) is 22.9. The van der Waals surface area contributed by atoms with Crippen LogP contribution in [-0.4, -0.2) is 33.6 Å². The van der Waals surface area contributed by atoms with Crippen molar-refractivity contribution in [2.45, 2.75) is 44.2 Å². The number of rotatable bonds is 9. The van der Waals surface area contributed by atoms with Crippen molar-refractivity contribution in [3.8, 4) is 11.1 Å². The normalized spacial score (nSPS) is 17.4. The number of aromatic nitrogens is 3. The molecule has 7 nitrogen and oxygen atoms in total. The number of pyridine rings is 1. The summed E-state index contributed by atoms with van der Waals surface area (Å²) in [7, 11) is 1.37. The summed E-state index contributed by atoms with van der Waals surface area (Å²) in [6, 6.07) is 9.25. The van der Waals surface area contributed by atoms with E-state index < -0.39 is 41.7 Å². The SMILES string of the molecule is CNC(=O)c1cc(-c2cccnc2[C@H](Cc2cc(F)cc(F)c2)NC(=O)Cn2nc(C(F)F)c3c2C[C@@H]2C[C@H]32)ccc1F. The fourth-order valence-corrected chi connectivity index (χ4v) is 6.01. The van der Waals surface area contributed by atoms with Crippen LogP contribution in [0, 0.1) is 23.4 Å². The average molecular weight is 596 g/mol. The Bertz CT molecular complexity index is 1720. The van der Waals surface area contributed by atoms with Crippen molar-refractivity contribution < 1.29 is 31.5 Å². The summed E-state index contributed by atoms with van der Waals surface area (Å²) < 4.78 is 71.4. The molecule has 0 bridgehead atoms. The minimum absolute atomic E-state index is 0.0536. The van der Waals surface area contributed by atoms with E-state index in [1.54, 1.807) is 12.1 Å². The van der Waals surface area contributed by atoms with Crippen LogP contribution in [0.4, 0.5) is 22.0 Å². The fourth-order valence-electron chi connectivity index (χ4n) is 6.01. The monoisotopic (exact) mass is 595 g/mol. The van der Waals surface area contributed by atoms with Gasteiger partial charge in [-0.15, -0.1) is 0 Å². The van der Waals surface area contributed by atoms with Crippen molar-refractivity contribution in [3.63, 3.8) is 0 Å². The van der Waals surface area contributed by atoms with E-state index in [-0.39, 0.29) is 41.4 Å². The van der Waals surface area contributed by atoms with Crippen LogP contribution in [0.25, 0.3) is 11.1 Å². The number of amides is 2. The van der Waals surface area contributed by atoms with Crippen LogP contribution in [0.5, 0.6) is 0 Å². The Morgan fingerprint density at radius 3 is 2.53 bits per heavy atom. The molecular weight excluding hydrogens is 569 g/mol. The lowest BCUT2D eigenvalue weighted by Crippen LogP contribution is -2.34. The number of hydrogen-bond acceptors (Lipinski definition) is 4. The standard InChI is InChI=1S/C31H26F5N5O2/c1-37-31(43)22-10-16(4-5-23(22)34)20-3-2-6-38-28(20)24(9-15-7-18(32)13-19(33)8-15)39-26(42)14-41-25-12-17-11-21(17)27(25)29(40-41)30(35)36/h2-8,10,13,17,21,24,30H,9,11-12,14H2,1H3,(H,37,43)(H,39,42)/t17-,21-,24-/m0/s1. The zero-order valence-corrected chi connectivity index (χ0v) is 22.9. The molecule has 2 amide bonds. The molecule has 2 heterocycles. The maximum atomic E-state index is 14.4. The lowest BCUT2D eigenvalue weighted by atomic mass is 9.94. The highest BCUT2D eigenvalue weighted by atomic mass is 19.3. The highest BCUT2D eigenvalue weighted by Crippen LogP contribution is 2.58. The highest BCUT2D eigenvalue weighted by molar-refractivity contribution is 5.95. The number of carbonyl (C=O) groups is 2. The topological polar surface area (TPSA) is 88.9 Å². The summed E-state index contributed by atoms with van der Waals surface area (Å²) in [5, 5.41) is 9.29. The third kappa shape index (κ3) is 5.61. The first-order valence-electron chi connectivity index (χ1n) is 13.7. The molecule has 1 fully saturated rings. The molecule has 0 radical (unpaired) electrons. The third-order valence-electron chi connectivity index (χ3n) is 7.99. The van der Waals surface area contributed by atoms with E-state index in [0.29, 0.717) is 34.7 Å². The van der Waals surface area contributed by atoms with Crippen LogP contribution >= 0.6 is 0 Å². The number of fused-ring (bicyclic) bond motifs is 3. The highest BCUT2D eigenvalue weighted by Gasteiger charge is 2.50. The predicted molar refractivity (Wildman–Crippen MR) is 146 cm³/mol. The molecule has 43 heavy (non-hydrogen) atoms. The Kier molecular flexibility index (Phi) is 7.45. The average Bonchev–Trinajstić information content (AvgIpc) is 3.49. The quantitative estimate of drug-likeness (QED) is 0.253. The van der Waals surface area contributed by atoms with Crippen LogP contribution in [-0.2, 0) is 24.2 Å². The van der Waals surface area contributed by atoms with E-state index in [2.05, 4.69) is 20.7 Å². The second kappa shape index (κ2) is 11.2. The number of halogens is 5. The van der Waals surface area contributed by atoms with Crippen LogP contribution in [0.15, 0.2) is 54.7 Å². The molecule has 12 heteroatoms. The molecule has 2 aliphatic rings. The van der Waals surface area contributed by atoms with E-state index in [1.165, 1.54) is 30.1 Å². The number of benzene rings is 2. The van der Waals surface area contributed by atoms with Gasteiger partial charge in [0.1, 0.15) is 29.7 Å². The number of carbonyl (C=O) groups excluding carboxylic acids is 2. The van der Waals surface area contributed by atoms with Gasteiger partial charge >= 0.3 is 0 Å². The van der Waals surface area contributed by atoms with Gasteiger partial charge < -0.3 is 10.6 Å². The molecular formula is C31H26F5N5O2. The molecule has 0 spiro atoms. The number of nitrogens with zero attached hydrogens (tertiary/aromatic N) is 3. The van der Waals surface area contributed by atoms with Gasteiger partial charge in [0.15, 0.2) is 0 Å². The molecule has 4 aromatic rings. The number of hydrogen-bond donors (Lipinski definition) is 2. The van der Waals surface area contributed by atoms with Crippen molar-refractivity contribution in [2.24, 2.45) is 5.92 Å². The fraction of sp³-hybridized carbons (Fsp3) is 0.290. The van der Waals surface area contributed by atoms with E-state index in [1.807, 2.05) is 0 Å². The van der Waals surface area contributed by atoms with Crippen LogP contribution in [0.2, 0.25) is 0 Å². The first-order valence-corrected chi connectivity index (χ1v) is 13.7. The molecule has 3 atom stereocenters. The van der Waals surface area contributed by atoms with Gasteiger partial charge in [-0.25, -0.2) is 22.0 Å². The van der Waals surface area contributed by atoms with Gasteiger partial charge in [0.25, 0.3) is 12.3 Å². The number of alkyl halides is 2. The Hall–Kier alpha value is -4.61. The molecule has 0 aliphatic heterocycles. The summed E-state index contributed by atoms with van der Waals surface area (Å²) in [6.07, 6.45) is 0.0258. The molecule has 6 rings (SSSR count). The van der Waals surface area contributed by atoms with E-state index >= 15 is 0 Å². The summed E-state index contributed by atoms with van der Waals surface area (Å²) in [5.74, 6) is -3.21. The van der Waals surface area contributed by atoms with E-state index in [9.17, 15) is 31.5 Å². The summed E-state index contributed by atoms with van der Waals surface area (Å²) in [6.45, 7) is -0.345. The minimum Gasteiger partial charge on any atom is -0.355 e. The van der Waals surface area contributed by atoms with Gasteiger partial charge in [-0.2, -0.15) is 5.10 Å². The molecule has 222 valence electrons. The predicted octanol–water partition coefficient (Wildman–Crippen LogP) is 5.42. The first-order chi connectivity index (χ1) is 20.6. The van der Waals surface area contributed by atoms with Crippen molar-refractivity contribution in [3.05, 3.63) is 106 Å². The lowest BCUT2D eigenvalue weighted by Gasteiger charge is -2.22. The van der Waals surface area contributed by atoms with Gasteiger partial charge in [-0.3, -0.25) is 19.3 Å². The van der Waals surface area contributed by atoms with Gasteiger partial charge in [0, 0.05) is 36.1 Å². The van der Waals surface area contributed by atoms with Gasteiger partial charge in [0.2, 0.25) is 5.91 Å². The minimum atomic E-state index is -2.76. The molecule has 0 unspecified atom stereocenters. The Balaban J connectivity index is 1.35. The Labute approximate surface area is 243 Å². The second-order valence-corrected chi connectivity index (χ2v) is 10.8. The first kappa shape index (κ1) is 28.5. The summed E-state index contributed by atoms with van der Waals surface area (Å²) in [4.78, 5) is 30.1. The summed E-state index contributed by atoms with van der Waals surface area (Å²) in [5.41, 5.74) is 2.03. The lowest BCUT2D eigenvalue weighted by molar-refractivity contribution is -0.122. The zero-order chi connectivity index (χ0) is 30.4. The maximum Gasteiger partial charge on any atom is 0.282 e. The molecule has 2 aromatic heterocycles. The van der Waals surface area contributed by atoms with Gasteiger partial charge in [0.05, 0.1) is 17.3 Å². The maximum absolute atomic E-state index is 14.4. The summed E-state index contributed by atoms with van der Waals surface area (Å²) >= 11 is 0. The second-order valence-electron chi connectivity index (χ2n) is 10.8. The molecule has 2 N–H and O–H groups in total. The van der Waals surface area contributed by atoms with Crippen molar-refractivity contribution in [1.29, 1.82) is 0 Å². The van der Waals surface area contributed by atoms with Crippen LogP contribution in [0.3, 0.4) is 0 Å². The Morgan fingerprint density at radius 2 is 1.81 bits per heavy atom. The van der Waals surface area contributed by atoms with Crippen LogP contribution in [0.1, 0.15) is 63.4 Å². The third-order valence-corrected chi connectivity index (χ3v) is 7.99. The molecule has 1 saturated carbocycles. The molecule has 2 aliphatic carbocycles. The van der Waals surface area contributed by atoms with Crippen LogP contribution < -0.4 is 10.6 Å². The smallest absolute Gasteiger partial charge is 0.282 e.